The fourth-order valence-corrected chi connectivity index (χ4v) is 3.31. The van der Waals surface area contributed by atoms with Gasteiger partial charge in [0.25, 0.3) is 15.0 Å². The molecule has 0 aromatic carbocycles. The van der Waals surface area contributed by atoms with E-state index < -0.39 is 25.8 Å². The summed E-state index contributed by atoms with van der Waals surface area (Å²) >= 11 is 0.884. The van der Waals surface area contributed by atoms with Crippen molar-refractivity contribution >= 4 is 47.8 Å². The van der Waals surface area contributed by atoms with Gasteiger partial charge in [-0.3, -0.25) is 9.00 Å². The first kappa shape index (κ1) is 14.6. The predicted molar refractivity (Wildman–Crippen MR) is 68.6 cm³/mol. The van der Waals surface area contributed by atoms with Gasteiger partial charge in [-0.2, -0.15) is 0 Å². The summed E-state index contributed by atoms with van der Waals surface area (Å²) in [5.74, 6) is -0.0467. The minimum atomic E-state index is -3.79. The van der Waals surface area contributed by atoms with Crippen molar-refractivity contribution < 1.29 is 17.4 Å². The molecule has 0 aliphatic rings. The highest BCUT2D eigenvalue weighted by molar-refractivity contribution is 8.15. The van der Waals surface area contributed by atoms with Gasteiger partial charge < -0.3 is 5.32 Å². The van der Waals surface area contributed by atoms with Crippen molar-refractivity contribution in [1.82, 2.24) is 5.32 Å². The van der Waals surface area contributed by atoms with Crippen LogP contribution in [0.2, 0.25) is 0 Å². The molecule has 0 saturated carbocycles. The summed E-state index contributed by atoms with van der Waals surface area (Å²) in [6.07, 6.45) is 1.54. The molecule has 0 aliphatic heterocycles. The van der Waals surface area contributed by atoms with E-state index in [-0.39, 0.29) is 16.3 Å². The number of rotatable bonds is 5. The average Bonchev–Trinajstić information content (AvgIpc) is 2.64. The lowest BCUT2D eigenvalue weighted by atomic mass is 10.3. The zero-order valence-electron chi connectivity index (χ0n) is 8.80. The third kappa shape index (κ3) is 4.74. The van der Waals surface area contributed by atoms with E-state index in [4.69, 9.17) is 10.7 Å². The second kappa shape index (κ2) is 5.94. The highest BCUT2D eigenvalue weighted by Gasteiger charge is 2.16. The van der Waals surface area contributed by atoms with Gasteiger partial charge in [-0.1, -0.05) is 0 Å². The Bertz CT molecular complexity index is 537. The number of hydrogen-bond acceptors (Lipinski definition) is 5. The van der Waals surface area contributed by atoms with Crippen molar-refractivity contribution in [2.24, 2.45) is 0 Å². The maximum atomic E-state index is 11.5. The quantitative estimate of drug-likeness (QED) is 0.814. The van der Waals surface area contributed by atoms with Crippen LogP contribution in [0.15, 0.2) is 15.7 Å². The molecule has 0 spiro atoms. The normalized spacial score (nSPS) is 13.3. The Labute approximate surface area is 110 Å². The monoisotopic (exact) mass is 315 g/mol. The van der Waals surface area contributed by atoms with E-state index in [2.05, 4.69) is 5.32 Å². The van der Waals surface area contributed by atoms with Crippen LogP contribution >= 0.6 is 22.0 Å². The molecule has 0 fully saturated rings. The van der Waals surface area contributed by atoms with Crippen molar-refractivity contribution in [3.63, 3.8) is 0 Å². The molecular weight excluding hydrogens is 306 g/mol. The molecule has 1 atom stereocenters. The molecular formula is C8H10ClNO4S3. The maximum absolute atomic E-state index is 11.5. The number of thiophene rings is 1. The summed E-state index contributed by atoms with van der Waals surface area (Å²) < 4.78 is 32.6. The third-order valence-corrected chi connectivity index (χ3v) is 5.57. The van der Waals surface area contributed by atoms with E-state index in [1.54, 1.807) is 0 Å². The van der Waals surface area contributed by atoms with Crippen LogP contribution in [0.1, 0.15) is 10.4 Å². The van der Waals surface area contributed by atoms with E-state index in [1.165, 1.54) is 17.7 Å². The van der Waals surface area contributed by atoms with Gasteiger partial charge in [0.15, 0.2) is 0 Å². The molecule has 5 nitrogen and oxygen atoms in total. The minimum Gasteiger partial charge on any atom is -0.351 e. The molecule has 0 aliphatic carbocycles. The largest absolute Gasteiger partial charge is 0.351 e. The van der Waals surface area contributed by atoms with Gasteiger partial charge in [-0.05, 0) is 6.07 Å². The molecule has 9 heteroatoms. The van der Waals surface area contributed by atoms with Crippen molar-refractivity contribution in [3.05, 3.63) is 17.0 Å². The minimum absolute atomic E-state index is 0.0663. The highest BCUT2D eigenvalue weighted by Crippen LogP contribution is 2.23. The summed E-state index contributed by atoms with van der Waals surface area (Å²) in [7, 11) is 0.369. The van der Waals surface area contributed by atoms with Gasteiger partial charge in [0.1, 0.15) is 4.21 Å². The number of amides is 1. The van der Waals surface area contributed by atoms with Crippen molar-refractivity contribution in [2.45, 2.75) is 4.21 Å². The van der Waals surface area contributed by atoms with Crippen molar-refractivity contribution in [1.29, 1.82) is 0 Å². The van der Waals surface area contributed by atoms with Gasteiger partial charge in [-0.15, -0.1) is 11.3 Å². The molecule has 1 heterocycles. The molecule has 1 N–H and O–H groups in total. The van der Waals surface area contributed by atoms with Crippen LogP contribution in [0.4, 0.5) is 0 Å². The number of nitrogens with one attached hydrogen (secondary N) is 1. The lowest BCUT2D eigenvalue weighted by Gasteiger charge is -2.01. The van der Waals surface area contributed by atoms with Crippen LogP contribution < -0.4 is 5.32 Å². The Balaban J connectivity index is 2.65. The lowest BCUT2D eigenvalue weighted by Crippen LogP contribution is -2.27. The summed E-state index contributed by atoms with van der Waals surface area (Å²) in [6, 6.07) is 1.21. The molecule has 1 aromatic heterocycles. The Morgan fingerprint density at radius 2 is 2.24 bits per heavy atom. The zero-order valence-corrected chi connectivity index (χ0v) is 12.0. The predicted octanol–water partition coefficient (Wildman–Crippen LogP) is 0.784. The molecule has 17 heavy (non-hydrogen) atoms. The smallest absolute Gasteiger partial charge is 0.270 e. The Morgan fingerprint density at radius 1 is 1.59 bits per heavy atom. The molecule has 1 rings (SSSR count). The average molecular weight is 316 g/mol. The fourth-order valence-electron chi connectivity index (χ4n) is 0.974. The molecule has 0 saturated heterocycles. The van der Waals surface area contributed by atoms with Crippen LogP contribution in [0.5, 0.6) is 0 Å². The van der Waals surface area contributed by atoms with E-state index in [1.807, 2.05) is 0 Å². The maximum Gasteiger partial charge on any atom is 0.270 e. The summed E-state index contributed by atoms with van der Waals surface area (Å²) in [6.45, 7) is 0.279. The topological polar surface area (TPSA) is 80.3 Å². The van der Waals surface area contributed by atoms with Crippen LogP contribution in [-0.2, 0) is 19.9 Å². The van der Waals surface area contributed by atoms with Gasteiger partial charge in [0, 0.05) is 45.4 Å². The second-order valence-corrected chi connectivity index (χ2v) is 8.38. The van der Waals surface area contributed by atoms with Gasteiger partial charge in [0.2, 0.25) is 0 Å². The molecule has 1 amide bonds. The van der Waals surface area contributed by atoms with Gasteiger partial charge in [-0.25, -0.2) is 8.42 Å². The van der Waals surface area contributed by atoms with E-state index in [0.717, 1.165) is 11.3 Å². The number of carbonyl (C=O) groups excluding carboxylic acids is 1. The lowest BCUT2D eigenvalue weighted by molar-refractivity contribution is 0.0956. The van der Waals surface area contributed by atoms with Crippen LogP contribution in [-0.4, -0.2) is 37.1 Å². The van der Waals surface area contributed by atoms with Crippen molar-refractivity contribution in [3.8, 4) is 0 Å². The molecule has 96 valence electrons. The summed E-state index contributed by atoms with van der Waals surface area (Å²) in [5.41, 5.74) is 0.233. The Hall–Kier alpha value is -0.440. The fraction of sp³-hybridized carbons (Fsp3) is 0.375. The SMILES string of the molecule is CS(=O)CCNC(=O)c1csc(S(=O)(=O)Cl)c1. The molecule has 0 radical (unpaired) electrons. The van der Waals surface area contributed by atoms with Crippen LogP contribution in [0, 0.1) is 0 Å². The van der Waals surface area contributed by atoms with Crippen LogP contribution in [0.25, 0.3) is 0 Å². The standard InChI is InChI=1S/C8H10ClNO4S3/c1-16(12)3-2-10-8(11)6-4-7(15-5-6)17(9,13)14/h4-5H,2-3H2,1H3,(H,10,11). The van der Waals surface area contributed by atoms with E-state index in [0.29, 0.717) is 5.75 Å². The zero-order chi connectivity index (χ0) is 13.1. The van der Waals surface area contributed by atoms with Gasteiger partial charge >= 0.3 is 0 Å². The van der Waals surface area contributed by atoms with E-state index in [9.17, 15) is 17.4 Å². The highest BCUT2D eigenvalue weighted by atomic mass is 35.7. The molecule has 1 unspecified atom stereocenters. The number of hydrogen-bond donors (Lipinski definition) is 1. The van der Waals surface area contributed by atoms with Gasteiger partial charge in [0.05, 0.1) is 5.56 Å². The van der Waals surface area contributed by atoms with E-state index >= 15 is 0 Å². The van der Waals surface area contributed by atoms with Crippen molar-refractivity contribution in [2.75, 3.05) is 18.6 Å². The molecule has 0 bridgehead atoms. The number of carbonyl (C=O) groups is 1. The summed E-state index contributed by atoms with van der Waals surface area (Å²) in [4.78, 5) is 11.5. The number of halogens is 1. The first-order valence-corrected chi connectivity index (χ1v) is 9.34. The Morgan fingerprint density at radius 3 is 2.71 bits per heavy atom. The first-order chi connectivity index (χ1) is 7.80. The summed E-state index contributed by atoms with van der Waals surface area (Å²) in [5, 5.41) is 3.94. The Kier molecular flexibility index (Phi) is 5.11. The third-order valence-electron chi connectivity index (χ3n) is 1.75. The molecule has 1 aromatic rings. The first-order valence-electron chi connectivity index (χ1n) is 4.42. The van der Waals surface area contributed by atoms with Crippen LogP contribution in [0.3, 0.4) is 0 Å². The second-order valence-electron chi connectivity index (χ2n) is 3.13.